The van der Waals surface area contributed by atoms with Gasteiger partial charge < -0.3 is 10.1 Å². The highest BCUT2D eigenvalue weighted by Crippen LogP contribution is 2.24. The summed E-state index contributed by atoms with van der Waals surface area (Å²) in [4.78, 5) is 11.7. The second-order valence-corrected chi connectivity index (χ2v) is 6.00. The van der Waals surface area contributed by atoms with Crippen molar-refractivity contribution in [2.75, 3.05) is 13.2 Å². The fraction of sp³-hybridized carbons (Fsp3) is 0.500. The molecule has 0 saturated heterocycles. The highest BCUT2D eigenvalue weighted by Gasteiger charge is 2.20. The van der Waals surface area contributed by atoms with E-state index in [0.717, 1.165) is 0 Å². The van der Waals surface area contributed by atoms with E-state index in [0.29, 0.717) is 23.8 Å². The minimum absolute atomic E-state index is 0.0111. The molecule has 0 fully saturated rings. The van der Waals surface area contributed by atoms with Crippen LogP contribution >= 0.6 is 0 Å². The first-order valence-electron chi connectivity index (χ1n) is 6.72. The van der Waals surface area contributed by atoms with Crippen molar-refractivity contribution in [3.63, 3.8) is 0 Å². The van der Waals surface area contributed by atoms with Crippen molar-refractivity contribution >= 4 is 5.91 Å². The number of carbonyl (C=O) groups excluding carboxylic acids is 1. The van der Waals surface area contributed by atoms with Gasteiger partial charge in [0.05, 0.1) is 11.6 Å². The average Bonchev–Trinajstić information content (AvgIpc) is 2.41. The lowest BCUT2D eigenvalue weighted by Crippen LogP contribution is -2.36. The molecule has 1 rings (SSSR count). The first-order valence-corrected chi connectivity index (χ1v) is 6.72. The minimum atomic E-state index is -0.134. The van der Waals surface area contributed by atoms with Crippen LogP contribution in [0.3, 0.4) is 0 Å². The van der Waals surface area contributed by atoms with E-state index in [9.17, 15) is 4.79 Å². The molecule has 1 amide bonds. The monoisotopic (exact) mass is 274 g/mol. The Hall–Kier alpha value is -2.02. The lowest BCUT2D eigenvalue weighted by atomic mass is 9.82. The van der Waals surface area contributed by atoms with E-state index in [1.165, 1.54) is 0 Å². The van der Waals surface area contributed by atoms with Gasteiger partial charge in [-0.2, -0.15) is 5.26 Å². The third kappa shape index (κ3) is 5.31. The summed E-state index contributed by atoms with van der Waals surface area (Å²) in [5.41, 5.74) is 0.738. The van der Waals surface area contributed by atoms with Crippen molar-refractivity contribution in [3.05, 3.63) is 29.8 Å². The van der Waals surface area contributed by atoms with E-state index in [2.05, 4.69) is 33.0 Å². The molecule has 0 radical (unpaired) electrons. The van der Waals surface area contributed by atoms with Crippen LogP contribution in [0.4, 0.5) is 0 Å². The Balaban J connectivity index is 2.34. The largest absolute Gasteiger partial charge is 0.484 e. The highest BCUT2D eigenvalue weighted by molar-refractivity contribution is 5.77. The number of carbonyl (C=O) groups is 1. The van der Waals surface area contributed by atoms with Gasteiger partial charge in [0.2, 0.25) is 0 Å². The van der Waals surface area contributed by atoms with Gasteiger partial charge in [0, 0.05) is 6.54 Å². The van der Waals surface area contributed by atoms with Crippen LogP contribution in [0, 0.1) is 22.7 Å². The van der Waals surface area contributed by atoms with Crippen LogP contribution in [0.25, 0.3) is 0 Å². The molecule has 108 valence electrons. The number of nitrogens with one attached hydrogen (secondary N) is 1. The van der Waals surface area contributed by atoms with Gasteiger partial charge in [-0.05, 0) is 35.6 Å². The topological polar surface area (TPSA) is 62.1 Å². The number of hydrogen-bond donors (Lipinski definition) is 1. The van der Waals surface area contributed by atoms with E-state index < -0.39 is 0 Å². The predicted molar refractivity (Wildman–Crippen MR) is 78.3 cm³/mol. The summed E-state index contributed by atoms with van der Waals surface area (Å²) in [6.45, 7) is 9.19. The standard InChI is InChI=1S/C16H22N2O2/c1-12(16(2,3)4)10-18-15(19)11-20-14-7-5-13(9-17)6-8-14/h5-8,12H,10-11H2,1-4H3,(H,18,19). The van der Waals surface area contributed by atoms with Gasteiger partial charge in [-0.3, -0.25) is 4.79 Å². The third-order valence-electron chi connectivity index (χ3n) is 3.44. The van der Waals surface area contributed by atoms with Gasteiger partial charge in [-0.1, -0.05) is 27.7 Å². The molecule has 0 saturated carbocycles. The fourth-order valence-corrected chi connectivity index (χ4v) is 1.40. The second kappa shape index (κ2) is 6.95. The summed E-state index contributed by atoms with van der Waals surface area (Å²) in [6, 6.07) is 8.72. The van der Waals surface area contributed by atoms with E-state index >= 15 is 0 Å². The van der Waals surface area contributed by atoms with Crippen LogP contribution in [-0.4, -0.2) is 19.1 Å². The molecule has 1 atom stereocenters. The van der Waals surface area contributed by atoms with Gasteiger partial charge in [-0.15, -0.1) is 0 Å². The molecule has 20 heavy (non-hydrogen) atoms. The van der Waals surface area contributed by atoms with Crippen LogP contribution in [0.1, 0.15) is 33.3 Å². The molecule has 0 heterocycles. The van der Waals surface area contributed by atoms with E-state index in [1.807, 2.05) is 6.07 Å². The summed E-state index contributed by atoms with van der Waals surface area (Å²) in [6.07, 6.45) is 0. The number of nitriles is 1. The number of nitrogens with zero attached hydrogens (tertiary/aromatic N) is 1. The summed E-state index contributed by atoms with van der Waals surface area (Å²) in [5, 5.41) is 11.5. The SMILES string of the molecule is CC(CNC(=O)COc1ccc(C#N)cc1)C(C)(C)C. The van der Waals surface area contributed by atoms with Crippen LogP contribution in [0.5, 0.6) is 5.75 Å². The lowest BCUT2D eigenvalue weighted by molar-refractivity contribution is -0.123. The van der Waals surface area contributed by atoms with Crippen LogP contribution in [0.15, 0.2) is 24.3 Å². The smallest absolute Gasteiger partial charge is 0.257 e. The summed E-state index contributed by atoms with van der Waals surface area (Å²) in [7, 11) is 0. The lowest BCUT2D eigenvalue weighted by Gasteiger charge is -2.27. The van der Waals surface area contributed by atoms with Gasteiger partial charge in [0.1, 0.15) is 5.75 Å². The van der Waals surface area contributed by atoms with E-state index in [-0.39, 0.29) is 17.9 Å². The zero-order valence-electron chi connectivity index (χ0n) is 12.6. The number of benzene rings is 1. The Bertz CT molecular complexity index is 481. The summed E-state index contributed by atoms with van der Waals surface area (Å²) < 4.78 is 5.36. The molecule has 0 aliphatic rings. The Morgan fingerprint density at radius 1 is 1.35 bits per heavy atom. The Morgan fingerprint density at radius 2 is 1.95 bits per heavy atom. The first kappa shape index (κ1) is 16.0. The Kier molecular flexibility index (Phi) is 5.57. The van der Waals surface area contributed by atoms with Crippen molar-refractivity contribution in [2.45, 2.75) is 27.7 Å². The molecule has 1 N–H and O–H groups in total. The molecule has 1 aromatic rings. The van der Waals surface area contributed by atoms with Gasteiger partial charge in [0.25, 0.3) is 5.91 Å². The van der Waals surface area contributed by atoms with Crippen molar-refractivity contribution in [3.8, 4) is 11.8 Å². The van der Waals surface area contributed by atoms with Crippen LogP contribution < -0.4 is 10.1 Å². The van der Waals surface area contributed by atoms with Crippen molar-refractivity contribution in [1.82, 2.24) is 5.32 Å². The van der Waals surface area contributed by atoms with E-state index in [1.54, 1.807) is 24.3 Å². The maximum Gasteiger partial charge on any atom is 0.257 e. The van der Waals surface area contributed by atoms with Gasteiger partial charge >= 0.3 is 0 Å². The third-order valence-corrected chi connectivity index (χ3v) is 3.44. The number of hydrogen-bond acceptors (Lipinski definition) is 3. The number of ether oxygens (including phenoxy) is 1. The Labute approximate surface area is 120 Å². The summed E-state index contributed by atoms with van der Waals surface area (Å²) in [5.74, 6) is 0.842. The number of amides is 1. The molecule has 4 heteroatoms. The molecule has 0 aliphatic carbocycles. The average molecular weight is 274 g/mol. The minimum Gasteiger partial charge on any atom is -0.484 e. The van der Waals surface area contributed by atoms with Crippen molar-refractivity contribution in [1.29, 1.82) is 5.26 Å². The van der Waals surface area contributed by atoms with E-state index in [4.69, 9.17) is 10.00 Å². The fourth-order valence-electron chi connectivity index (χ4n) is 1.40. The maximum absolute atomic E-state index is 11.7. The summed E-state index contributed by atoms with van der Waals surface area (Å²) >= 11 is 0. The zero-order valence-corrected chi connectivity index (χ0v) is 12.6. The highest BCUT2D eigenvalue weighted by atomic mass is 16.5. The molecule has 1 unspecified atom stereocenters. The van der Waals surface area contributed by atoms with Gasteiger partial charge in [-0.25, -0.2) is 0 Å². The van der Waals surface area contributed by atoms with Crippen LogP contribution in [-0.2, 0) is 4.79 Å². The zero-order chi connectivity index (χ0) is 15.2. The molecule has 4 nitrogen and oxygen atoms in total. The van der Waals surface area contributed by atoms with Crippen molar-refractivity contribution < 1.29 is 9.53 Å². The molecule has 0 spiro atoms. The number of rotatable bonds is 5. The predicted octanol–water partition coefficient (Wildman–Crippen LogP) is 2.74. The molecule has 0 aliphatic heterocycles. The van der Waals surface area contributed by atoms with Crippen molar-refractivity contribution in [2.24, 2.45) is 11.3 Å². The Morgan fingerprint density at radius 3 is 2.45 bits per heavy atom. The second-order valence-electron chi connectivity index (χ2n) is 6.00. The van der Waals surface area contributed by atoms with Crippen LogP contribution in [0.2, 0.25) is 0 Å². The molecular formula is C16H22N2O2. The molecule has 1 aromatic carbocycles. The quantitative estimate of drug-likeness (QED) is 0.898. The molecule has 0 bridgehead atoms. The first-order chi connectivity index (χ1) is 9.32. The maximum atomic E-state index is 11.7. The molecule has 0 aromatic heterocycles. The van der Waals surface area contributed by atoms with Gasteiger partial charge in [0.15, 0.2) is 6.61 Å². The normalized spacial score (nSPS) is 12.3. The molecular weight excluding hydrogens is 252 g/mol.